The number of nitriles is 1. The van der Waals surface area contributed by atoms with Gasteiger partial charge in [-0.15, -0.1) is 0 Å². The standard InChI is InChI=1S/C27H31N5O3.C26H32N6O3.C25H29F2N7O2.C25H27N7O2/c1-18(33)30-12-9-25-23(16-30)27(29-32(25)22-10-13-35-17-22)31-11-3-4-20-14-19(5-7-24(20)31)21-6-8-26(34-2)28-15-21;1-17(34)30-8-6-25-23(14-30)26(28-32(25)21-7-10-35-16-21)31-9-5-19(15-33)22-11-18(3-4-24(22)31)20-12-27-29(2)13-20;1-31-12-16(11-29-31)18-9-15-3-2-6-33(22(15)10-19(18)23(26)27)24-20-13-32(25(28)35)7-4-21(20)34(30-24)17-5-8-36-14-17;1-16(33)30-9-7-24-21(13-30)25(28-32(24)19-14-34-15-19)31-8-3-4-18-10-17(5-6-23(18)31)20-12-29(2)27-22(20)11-26/h5-8,14-15,22H,3-4,9-13,16-17H2,1-2H3;3-4,11-13,19,21,33H,5-10,14-16H2,1-2H3;9-12,17,23H,2-8,13-14H2,1H3,(H2,28,35);5-6,10,12,19H,3-4,7-9,13-15H2,1-2H3/t22-;19?,21-;17-;/m000./s1. The van der Waals surface area contributed by atoms with Gasteiger partial charge in [-0.2, -0.15) is 41.0 Å². The van der Waals surface area contributed by atoms with Crippen LogP contribution in [0.2, 0.25) is 0 Å². The van der Waals surface area contributed by atoms with Gasteiger partial charge in [0.25, 0.3) is 6.43 Å². The van der Waals surface area contributed by atoms with E-state index in [1.54, 1.807) is 72.3 Å². The Morgan fingerprint density at radius 2 is 0.893 bits per heavy atom. The Kier molecular flexibility index (Phi) is 25.9. The third-order valence-electron chi connectivity index (χ3n) is 29.9. The summed E-state index contributed by atoms with van der Waals surface area (Å²) < 4.78 is 70.0. The molecule has 0 radical (unpaired) electrons. The third kappa shape index (κ3) is 17.9. The number of aliphatic hydroxyl groups is 1. The lowest BCUT2D eigenvalue weighted by atomic mass is 9.88. The summed E-state index contributed by atoms with van der Waals surface area (Å²) in [6, 6.07) is 29.6. The number of anilines is 8. The molecule has 4 saturated heterocycles. The second-order valence-corrected chi connectivity index (χ2v) is 38.6. The molecule has 20 heterocycles. The van der Waals surface area contributed by atoms with Gasteiger partial charge in [0.1, 0.15) is 6.07 Å². The average Bonchev–Trinajstić information content (AvgIpc) is 1.62. The molecule has 8 aromatic heterocycles. The molecule has 140 heavy (non-hydrogen) atoms. The van der Waals surface area contributed by atoms with Crippen molar-refractivity contribution in [2.24, 2.45) is 26.9 Å². The largest absolute Gasteiger partial charge is 0.481 e. The number of hydrogen-bond acceptors (Lipinski definition) is 23. The van der Waals surface area contributed by atoms with Crippen LogP contribution in [0.15, 0.2) is 116 Å². The molecular weight excluding hydrogens is 1790 g/mol. The zero-order valence-corrected chi connectivity index (χ0v) is 80.4. The number of fused-ring (bicyclic) bond motifs is 8. The summed E-state index contributed by atoms with van der Waals surface area (Å²) in [7, 11) is 7.15. The van der Waals surface area contributed by atoms with E-state index in [9.17, 15) is 38.3 Å². The first-order chi connectivity index (χ1) is 68.1. The van der Waals surface area contributed by atoms with Gasteiger partial charge in [-0.1, -0.05) is 18.2 Å². The van der Waals surface area contributed by atoms with Gasteiger partial charge in [0.15, 0.2) is 29.0 Å². The molecule has 37 heteroatoms. The topological polar surface area (TPSA) is 348 Å². The fraction of sp³-hybridized carbons (Fsp3) is 0.466. The number of rotatable bonds is 15. The van der Waals surface area contributed by atoms with Gasteiger partial charge in [0.05, 0.1) is 109 Å². The Labute approximate surface area is 810 Å². The molecule has 12 aliphatic heterocycles. The quantitative estimate of drug-likeness (QED) is 0.0962. The molecular formula is C103H119F2N25O10. The number of nitrogens with two attached hydrogens (primary N) is 1. The van der Waals surface area contributed by atoms with E-state index in [0.717, 1.165) is 243 Å². The minimum atomic E-state index is -2.64. The Morgan fingerprint density at radius 3 is 1.32 bits per heavy atom. The van der Waals surface area contributed by atoms with E-state index >= 15 is 0 Å². The van der Waals surface area contributed by atoms with Crippen molar-refractivity contribution in [3.8, 4) is 56.5 Å². The number of alkyl halides is 2. The maximum absolute atomic E-state index is 14.3. The van der Waals surface area contributed by atoms with Crippen LogP contribution in [0.4, 0.5) is 59.6 Å². The van der Waals surface area contributed by atoms with Crippen molar-refractivity contribution in [1.29, 1.82) is 5.26 Å². The summed E-state index contributed by atoms with van der Waals surface area (Å²) in [5, 5.41) is 52.9. The van der Waals surface area contributed by atoms with E-state index in [1.165, 1.54) is 39.5 Å². The second-order valence-electron chi connectivity index (χ2n) is 38.6. The number of primary amides is 1. The van der Waals surface area contributed by atoms with E-state index in [0.29, 0.717) is 108 Å². The van der Waals surface area contributed by atoms with Crippen LogP contribution in [-0.2, 0) is 126 Å². The fourth-order valence-corrected chi connectivity index (χ4v) is 22.4. The molecule has 0 saturated carbocycles. The minimum absolute atomic E-state index is 0.0232. The molecule has 3 N–H and O–H groups in total. The number of aliphatic hydroxyl groups excluding tert-OH is 1. The van der Waals surface area contributed by atoms with Gasteiger partial charge in [-0.25, -0.2) is 18.6 Å². The first-order valence-electron chi connectivity index (χ1n) is 49.1. The van der Waals surface area contributed by atoms with Gasteiger partial charge in [0.2, 0.25) is 23.6 Å². The Bertz CT molecular complexity index is 6740. The number of carbonyl (C=O) groups excluding carboxylic acids is 4. The first-order valence-corrected chi connectivity index (χ1v) is 49.1. The van der Waals surface area contributed by atoms with E-state index in [4.69, 9.17) is 49.8 Å². The third-order valence-corrected chi connectivity index (χ3v) is 29.9. The SMILES string of the molecule is CC(=O)N1CCc2c(c(N3CCC(CO)c4cc(-c5cnn(C)c5)ccc43)nn2[C@H]2CCOC2)C1.CC(=O)N1CCc2c(c(N3CCCc4cc(-c5cn(C)nc5C#N)ccc43)nn2C2COC2)C1.COc1ccc(-c2ccc3c(c2)CCCN3c2nn([C@H]3CCOC3)c3c2CN(C(C)=O)CC3)cn1.Cn1cc(-c2cc3c(cc2C(F)F)N(c2nn([C@H]4CCOC4)c4c2CN(C(N)=O)CC4)CCC3)cn1. The molecule has 12 aliphatic rings. The molecule has 730 valence electrons. The number of methoxy groups -OCH3 is 1. The molecule has 4 aromatic carbocycles. The summed E-state index contributed by atoms with van der Waals surface area (Å²) in [5.41, 5.74) is 31.6. The molecule has 0 bridgehead atoms. The van der Waals surface area contributed by atoms with Crippen LogP contribution in [0.3, 0.4) is 0 Å². The van der Waals surface area contributed by atoms with Gasteiger partial charge >= 0.3 is 6.03 Å². The van der Waals surface area contributed by atoms with Crippen LogP contribution in [0, 0.1) is 11.3 Å². The number of aryl methyl sites for hydroxylation is 6. The lowest BCUT2D eigenvalue weighted by Gasteiger charge is -2.35. The van der Waals surface area contributed by atoms with E-state index in [2.05, 4.69) is 110 Å². The second kappa shape index (κ2) is 39.2. The number of nitrogens with zero attached hydrogens (tertiary/aromatic N) is 24. The van der Waals surface area contributed by atoms with Crippen LogP contribution >= 0.6 is 0 Å². The minimum Gasteiger partial charge on any atom is -0.481 e. The molecule has 4 atom stereocenters. The van der Waals surface area contributed by atoms with Gasteiger partial charge < -0.3 is 73.7 Å². The van der Waals surface area contributed by atoms with Crippen LogP contribution in [0.1, 0.15) is 181 Å². The maximum Gasteiger partial charge on any atom is 0.315 e. The van der Waals surface area contributed by atoms with Crippen molar-refractivity contribution >= 4 is 69.8 Å². The van der Waals surface area contributed by atoms with Crippen molar-refractivity contribution in [3.05, 3.63) is 195 Å². The number of benzene rings is 4. The summed E-state index contributed by atoms with van der Waals surface area (Å²) in [6.45, 7) is 18.7. The first kappa shape index (κ1) is 92.7. The number of carbonyl (C=O) groups is 4. The molecule has 5 amide bonds. The number of aromatic nitrogens is 15. The molecule has 35 nitrogen and oxygen atoms in total. The molecule has 24 rings (SSSR count). The Hall–Kier alpha value is -13.7. The van der Waals surface area contributed by atoms with Crippen molar-refractivity contribution in [2.75, 3.05) is 139 Å². The van der Waals surface area contributed by atoms with Crippen LogP contribution in [0.25, 0.3) is 44.5 Å². The normalized spacial score (nSPS) is 19.6. The molecule has 0 aliphatic carbocycles. The number of pyridine rings is 1. The number of amides is 5. The monoisotopic (exact) mass is 1900 g/mol. The number of ether oxygens (including phenoxy) is 5. The van der Waals surface area contributed by atoms with E-state index < -0.39 is 12.5 Å². The van der Waals surface area contributed by atoms with Crippen LogP contribution < -0.4 is 30.1 Å². The number of hydrogen-bond donors (Lipinski definition) is 2. The molecule has 12 aromatic rings. The van der Waals surface area contributed by atoms with Gasteiger partial charge in [0, 0.05) is 272 Å². The summed E-state index contributed by atoms with van der Waals surface area (Å²) in [5.74, 6) is 4.62. The van der Waals surface area contributed by atoms with Gasteiger partial charge in [-0.05, 0) is 163 Å². The number of urea groups is 1. The van der Waals surface area contributed by atoms with Crippen molar-refractivity contribution < 1.29 is 56.7 Å². The fourth-order valence-electron chi connectivity index (χ4n) is 22.4. The smallest absolute Gasteiger partial charge is 0.315 e. The zero-order chi connectivity index (χ0) is 96.4. The van der Waals surface area contributed by atoms with Crippen molar-refractivity contribution in [1.82, 2.24) is 93.0 Å². The molecule has 4 fully saturated rings. The Balaban J connectivity index is 0.000000111. The van der Waals surface area contributed by atoms with E-state index in [1.807, 2.05) is 81.4 Å². The molecule has 1 unspecified atom stereocenters. The summed E-state index contributed by atoms with van der Waals surface area (Å²) >= 11 is 0. The summed E-state index contributed by atoms with van der Waals surface area (Å²) in [4.78, 5) is 69.4. The van der Waals surface area contributed by atoms with Crippen molar-refractivity contribution in [3.63, 3.8) is 0 Å². The lowest BCUT2D eigenvalue weighted by molar-refractivity contribution is -0.130. The zero-order valence-electron chi connectivity index (χ0n) is 80.4. The highest BCUT2D eigenvalue weighted by molar-refractivity contribution is 5.83. The summed E-state index contributed by atoms with van der Waals surface area (Å²) in [6.07, 6.45) is 20.9. The molecule has 0 spiro atoms. The Morgan fingerprint density at radius 1 is 0.457 bits per heavy atom. The predicted octanol–water partition coefficient (Wildman–Crippen LogP) is 13.1. The van der Waals surface area contributed by atoms with Gasteiger partial charge in [-0.3, -0.25) is 47.2 Å². The van der Waals surface area contributed by atoms with E-state index in [-0.39, 0.29) is 60.0 Å². The highest BCUT2D eigenvalue weighted by Gasteiger charge is 2.42. The van der Waals surface area contributed by atoms with Crippen LogP contribution in [-0.4, -0.2) is 241 Å². The maximum atomic E-state index is 14.3. The lowest BCUT2D eigenvalue weighted by Crippen LogP contribution is -2.40. The number of halogens is 2. The van der Waals surface area contributed by atoms with Crippen LogP contribution in [0.5, 0.6) is 5.88 Å². The highest BCUT2D eigenvalue weighted by atomic mass is 19.3. The van der Waals surface area contributed by atoms with Crippen molar-refractivity contribution in [2.45, 2.75) is 173 Å². The average molecular weight is 1910 g/mol. The predicted molar refractivity (Wildman–Crippen MR) is 520 cm³/mol. The highest BCUT2D eigenvalue weighted by Crippen LogP contribution is 2.50.